The van der Waals surface area contributed by atoms with E-state index in [1.54, 1.807) is 0 Å². The van der Waals surface area contributed by atoms with Gasteiger partial charge in [0, 0.05) is 13.2 Å². The number of phosphoric ester groups is 1. The summed E-state index contributed by atoms with van der Waals surface area (Å²) in [5.74, 6) is -0.683. The van der Waals surface area contributed by atoms with Crippen molar-refractivity contribution in [1.82, 2.24) is 0 Å². The lowest BCUT2D eigenvalue weighted by atomic mass is 9.74. The molecule has 0 saturated heterocycles. The molecule has 0 aromatic heterocycles. The first-order chi connectivity index (χ1) is 14.1. The van der Waals surface area contributed by atoms with Gasteiger partial charge in [0.15, 0.2) is 0 Å². The first-order valence-corrected chi connectivity index (χ1v) is 13.1. The second kappa shape index (κ2) is 15.4. The van der Waals surface area contributed by atoms with Gasteiger partial charge in [0.2, 0.25) is 0 Å². The maximum absolute atomic E-state index is 11.5. The van der Waals surface area contributed by atoms with Crippen LogP contribution in [0.2, 0.25) is 0 Å². The molecular weight excluding hydrogens is 407 g/mol. The van der Waals surface area contributed by atoms with E-state index in [2.05, 4.69) is 18.4 Å². The Kier molecular flexibility index (Phi) is 15.1. The Hall–Kier alpha value is -0.460. The van der Waals surface area contributed by atoms with Gasteiger partial charge in [-0.15, -0.1) is 0 Å². The first kappa shape index (κ1) is 29.5. The zero-order valence-electron chi connectivity index (χ0n) is 19.5. The first-order valence-electron chi connectivity index (χ1n) is 11.6. The Bertz CT molecular complexity index is 496. The summed E-state index contributed by atoms with van der Waals surface area (Å²) in [6, 6.07) is 0. The lowest BCUT2D eigenvalue weighted by Gasteiger charge is -2.32. The van der Waals surface area contributed by atoms with Crippen molar-refractivity contribution < 1.29 is 33.5 Å². The zero-order chi connectivity index (χ0) is 23.1. The van der Waals surface area contributed by atoms with Crippen LogP contribution in [-0.4, -0.2) is 40.7 Å². The van der Waals surface area contributed by atoms with Gasteiger partial charge in [0.05, 0.1) is 12.0 Å². The van der Waals surface area contributed by atoms with E-state index in [-0.39, 0.29) is 12.0 Å². The molecule has 0 fully saturated rings. The molecule has 0 aliphatic heterocycles. The number of ether oxygens (including phenoxy) is 1. The fraction of sp³-hybridized carbons (Fsp3) is 0.955. The summed E-state index contributed by atoms with van der Waals surface area (Å²) in [5, 5.41) is 9.46. The third kappa shape index (κ3) is 11.8. The molecule has 0 radical (unpaired) electrons. The van der Waals surface area contributed by atoms with E-state index >= 15 is 0 Å². The number of aliphatic carboxylic acids is 1. The van der Waals surface area contributed by atoms with Crippen LogP contribution in [0.4, 0.5) is 0 Å². The topological polar surface area (TPSA) is 113 Å². The van der Waals surface area contributed by atoms with Gasteiger partial charge in [0.25, 0.3) is 0 Å². The Morgan fingerprint density at radius 1 is 0.767 bits per heavy atom. The minimum Gasteiger partial charge on any atom is -0.481 e. The van der Waals surface area contributed by atoms with E-state index in [1.807, 2.05) is 13.8 Å². The number of phosphoric acid groups is 1. The van der Waals surface area contributed by atoms with Gasteiger partial charge in [-0.05, 0) is 56.8 Å². The van der Waals surface area contributed by atoms with E-state index in [1.165, 1.54) is 0 Å². The highest BCUT2D eigenvalue weighted by Crippen LogP contribution is 2.40. The molecule has 0 rings (SSSR count). The average molecular weight is 453 g/mol. The molecule has 0 heterocycles. The summed E-state index contributed by atoms with van der Waals surface area (Å²) in [6.45, 7) is 9.73. The highest BCUT2D eigenvalue weighted by molar-refractivity contribution is 7.46. The predicted octanol–water partition coefficient (Wildman–Crippen LogP) is 5.93. The van der Waals surface area contributed by atoms with Gasteiger partial charge in [-0.1, -0.05) is 53.4 Å². The van der Waals surface area contributed by atoms with Crippen LogP contribution in [0.25, 0.3) is 0 Å². The van der Waals surface area contributed by atoms with Gasteiger partial charge in [-0.3, -0.25) is 9.32 Å². The lowest BCUT2D eigenvalue weighted by Crippen LogP contribution is -2.29. The van der Waals surface area contributed by atoms with E-state index in [4.69, 9.17) is 14.5 Å². The third-order valence-electron chi connectivity index (χ3n) is 6.86. The van der Waals surface area contributed by atoms with Crippen molar-refractivity contribution in [2.45, 2.75) is 105 Å². The minimum absolute atomic E-state index is 0.0916. The van der Waals surface area contributed by atoms with Crippen LogP contribution in [-0.2, 0) is 18.6 Å². The lowest BCUT2D eigenvalue weighted by molar-refractivity contribution is -0.150. The molecule has 0 aromatic carbocycles. The fourth-order valence-corrected chi connectivity index (χ4v) is 4.57. The quantitative estimate of drug-likeness (QED) is 0.155. The van der Waals surface area contributed by atoms with Crippen LogP contribution in [0.15, 0.2) is 0 Å². The molecule has 0 amide bonds. The summed E-state index contributed by atoms with van der Waals surface area (Å²) >= 11 is 0. The van der Waals surface area contributed by atoms with Gasteiger partial charge in [-0.2, -0.15) is 0 Å². The number of carbonyl (C=O) groups is 1. The van der Waals surface area contributed by atoms with Gasteiger partial charge >= 0.3 is 13.8 Å². The summed E-state index contributed by atoms with van der Waals surface area (Å²) < 4.78 is 21.1. The van der Waals surface area contributed by atoms with Gasteiger partial charge in [-0.25, -0.2) is 4.57 Å². The monoisotopic (exact) mass is 452 g/mol. The average Bonchev–Trinajstić information content (AvgIpc) is 2.70. The SMILES string of the molecule is CCC(CC)(CCCCOCCCCC(CC)(CC)C(=O)O)CCCOP(=O)(O)O. The molecule has 7 nitrogen and oxygen atoms in total. The van der Waals surface area contributed by atoms with Crippen molar-refractivity contribution in [3.8, 4) is 0 Å². The normalized spacial score (nSPS) is 13.0. The molecular formula is C22H45O7P. The molecule has 0 unspecified atom stereocenters. The molecule has 8 heteroatoms. The highest BCUT2D eigenvalue weighted by Gasteiger charge is 2.33. The maximum Gasteiger partial charge on any atom is 0.469 e. The molecule has 3 N–H and O–H groups in total. The smallest absolute Gasteiger partial charge is 0.469 e. The Balaban J connectivity index is 4.00. The van der Waals surface area contributed by atoms with E-state index in [0.29, 0.717) is 32.3 Å². The van der Waals surface area contributed by atoms with E-state index < -0.39 is 19.2 Å². The molecule has 0 aromatic rings. The van der Waals surface area contributed by atoms with Gasteiger partial charge < -0.3 is 19.6 Å². The zero-order valence-corrected chi connectivity index (χ0v) is 20.4. The molecule has 180 valence electrons. The van der Waals surface area contributed by atoms with Crippen molar-refractivity contribution >= 4 is 13.8 Å². The number of hydrogen-bond donors (Lipinski definition) is 3. The van der Waals surface area contributed by atoms with Crippen LogP contribution >= 0.6 is 7.82 Å². The van der Waals surface area contributed by atoms with Crippen molar-refractivity contribution in [3.05, 3.63) is 0 Å². The number of unbranched alkanes of at least 4 members (excludes halogenated alkanes) is 2. The highest BCUT2D eigenvalue weighted by atomic mass is 31.2. The fourth-order valence-electron chi connectivity index (χ4n) is 4.20. The number of rotatable bonds is 20. The second-order valence-electron chi connectivity index (χ2n) is 8.45. The van der Waals surface area contributed by atoms with Crippen LogP contribution in [0, 0.1) is 10.8 Å². The van der Waals surface area contributed by atoms with Crippen LogP contribution in [0.3, 0.4) is 0 Å². The third-order valence-corrected chi connectivity index (χ3v) is 7.38. The number of carboxylic acids is 1. The van der Waals surface area contributed by atoms with E-state index in [9.17, 15) is 14.5 Å². The largest absolute Gasteiger partial charge is 0.481 e. The summed E-state index contributed by atoms with van der Waals surface area (Å²) in [4.78, 5) is 29.1. The summed E-state index contributed by atoms with van der Waals surface area (Å²) in [5.41, 5.74) is -0.390. The molecule has 0 aliphatic carbocycles. The van der Waals surface area contributed by atoms with E-state index in [0.717, 1.165) is 58.0 Å². The molecule has 0 bridgehead atoms. The van der Waals surface area contributed by atoms with Crippen molar-refractivity contribution in [2.75, 3.05) is 19.8 Å². The Morgan fingerprint density at radius 3 is 1.70 bits per heavy atom. The van der Waals surface area contributed by atoms with Gasteiger partial charge in [0.1, 0.15) is 0 Å². The number of hydrogen-bond acceptors (Lipinski definition) is 4. The molecule has 0 atom stereocenters. The maximum atomic E-state index is 11.5. The molecule has 0 saturated carbocycles. The summed E-state index contributed by atoms with van der Waals surface area (Å²) in [7, 11) is -4.37. The molecule has 0 aliphatic rings. The Labute approximate surface area is 183 Å². The second-order valence-corrected chi connectivity index (χ2v) is 9.69. The van der Waals surface area contributed by atoms with Crippen LogP contribution in [0.1, 0.15) is 105 Å². The Morgan fingerprint density at radius 2 is 1.27 bits per heavy atom. The molecule has 0 spiro atoms. The molecule has 30 heavy (non-hydrogen) atoms. The van der Waals surface area contributed by atoms with Crippen molar-refractivity contribution in [2.24, 2.45) is 10.8 Å². The standard InChI is InChI=1S/C22H45O7P/c1-5-21(6-2,15-13-19-29-30(25,26)27)14-9-11-17-28-18-12-10-16-22(7-3,8-4)20(23)24/h5-19H2,1-4H3,(H,23,24)(H2,25,26,27). The minimum atomic E-state index is -4.37. The van der Waals surface area contributed by atoms with Crippen molar-refractivity contribution in [3.63, 3.8) is 0 Å². The van der Waals surface area contributed by atoms with Crippen LogP contribution < -0.4 is 0 Å². The predicted molar refractivity (Wildman–Crippen MR) is 119 cm³/mol. The van der Waals surface area contributed by atoms with Crippen LogP contribution in [0.5, 0.6) is 0 Å². The number of carboxylic acid groups (broad SMARTS) is 1. The van der Waals surface area contributed by atoms with Crippen molar-refractivity contribution in [1.29, 1.82) is 0 Å². The summed E-state index contributed by atoms with van der Waals surface area (Å²) in [6.07, 6.45) is 10.6.